The summed E-state index contributed by atoms with van der Waals surface area (Å²) in [5.41, 5.74) is 0. The highest BCUT2D eigenvalue weighted by Gasteiger charge is 2.27. The van der Waals surface area contributed by atoms with Gasteiger partial charge in [-0.05, 0) is 12.8 Å². The van der Waals surface area contributed by atoms with E-state index in [9.17, 15) is 9.59 Å². The molecule has 2 N–H and O–H groups in total. The smallest absolute Gasteiger partial charge is 0.326 e. The average molecular weight is 233 g/mol. The molecule has 0 aromatic rings. The second-order valence-corrected chi connectivity index (χ2v) is 3.59. The lowest BCUT2D eigenvalue weighted by Crippen LogP contribution is -2.49. The first kappa shape index (κ1) is 14.9. The Kier molecular flexibility index (Phi) is 6.67. The minimum absolute atomic E-state index is 0.208. The fraction of sp³-hybridized carbons (Fsp3) is 0.800. The molecule has 0 aromatic carbocycles. The van der Waals surface area contributed by atoms with E-state index in [-0.39, 0.29) is 5.92 Å². The quantitative estimate of drug-likeness (QED) is 0.614. The second kappa shape index (κ2) is 7.19. The summed E-state index contributed by atoms with van der Waals surface area (Å²) in [6.45, 7) is 5.45. The van der Waals surface area contributed by atoms with Crippen LogP contribution in [0.4, 0.5) is 0 Å². The third-order valence-electron chi connectivity index (χ3n) is 1.98. The van der Waals surface area contributed by atoms with Gasteiger partial charge in [0.1, 0.15) is 6.04 Å². The molecule has 0 aliphatic carbocycles. The first-order valence-electron chi connectivity index (χ1n) is 5.11. The van der Waals surface area contributed by atoms with Gasteiger partial charge >= 0.3 is 5.97 Å². The summed E-state index contributed by atoms with van der Waals surface area (Å²) >= 11 is 0. The number of ether oxygens (including phenoxy) is 2. The third kappa shape index (κ3) is 4.59. The molecular weight excluding hydrogens is 214 g/mol. The third-order valence-corrected chi connectivity index (χ3v) is 1.98. The Bertz CT molecular complexity index is 241. The number of carboxylic acid groups (broad SMARTS) is 1. The molecular formula is C10H19NO5. The van der Waals surface area contributed by atoms with E-state index in [2.05, 4.69) is 5.32 Å². The predicted molar refractivity (Wildman–Crippen MR) is 56.8 cm³/mol. The van der Waals surface area contributed by atoms with Crippen LogP contribution in [0.3, 0.4) is 0 Å². The van der Waals surface area contributed by atoms with Gasteiger partial charge in [0.2, 0.25) is 6.29 Å². The number of rotatable bonds is 7. The molecule has 0 heterocycles. The SMILES string of the molecule is CCOC(OC)C(=O)N[C@H](C(=O)O)C(C)C. The number of aliphatic carboxylic acids is 1. The van der Waals surface area contributed by atoms with Crippen molar-refractivity contribution in [2.24, 2.45) is 5.92 Å². The highest BCUT2D eigenvalue weighted by atomic mass is 16.7. The number of hydrogen-bond acceptors (Lipinski definition) is 4. The molecule has 0 aromatic heterocycles. The number of carbonyl (C=O) groups is 2. The van der Waals surface area contributed by atoms with Crippen molar-refractivity contribution in [3.8, 4) is 0 Å². The van der Waals surface area contributed by atoms with Gasteiger partial charge in [-0.15, -0.1) is 0 Å². The van der Waals surface area contributed by atoms with Gasteiger partial charge in [-0.3, -0.25) is 4.79 Å². The highest BCUT2D eigenvalue weighted by Crippen LogP contribution is 2.03. The van der Waals surface area contributed by atoms with Crippen molar-refractivity contribution < 1.29 is 24.2 Å². The van der Waals surface area contributed by atoms with E-state index in [1.165, 1.54) is 7.11 Å². The topological polar surface area (TPSA) is 84.9 Å². The second-order valence-electron chi connectivity index (χ2n) is 3.59. The molecule has 1 unspecified atom stereocenters. The van der Waals surface area contributed by atoms with E-state index in [1.54, 1.807) is 20.8 Å². The van der Waals surface area contributed by atoms with Gasteiger partial charge in [0.15, 0.2) is 0 Å². The number of hydrogen-bond donors (Lipinski definition) is 2. The summed E-state index contributed by atoms with van der Waals surface area (Å²) in [6, 6.07) is -0.939. The summed E-state index contributed by atoms with van der Waals surface area (Å²) in [7, 11) is 1.32. The van der Waals surface area contributed by atoms with Crippen molar-refractivity contribution in [1.82, 2.24) is 5.32 Å². The van der Waals surface area contributed by atoms with Crippen molar-refractivity contribution in [3.63, 3.8) is 0 Å². The molecule has 0 aliphatic rings. The monoisotopic (exact) mass is 233 g/mol. The molecule has 6 nitrogen and oxygen atoms in total. The lowest BCUT2D eigenvalue weighted by molar-refractivity contribution is -0.167. The molecule has 2 atom stereocenters. The Morgan fingerprint density at radius 2 is 1.94 bits per heavy atom. The Balaban J connectivity index is 4.43. The van der Waals surface area contributed by atoms with E-state index < -0.39 is 24.2 Å². The summed E-state index contributed by atoms with van der Waals surface area (Å²) in [6.07, 6.45) is -1.06. The zero-order valence-electron chi connectivity index (χ0n) is 10.0. The molecule has 0 radical (unpaired) electrons. The largest absolute Gasteiger partial charge is 0.480 e. The van der Waals surface area contributed by atoms with Gasteiger partial charge in [0.05, 0.1) is 0 Å². The summed E-state index contributed by atoms with van der Waals surface area (Å²) in [5.74, 6) is -1.86. The van der Waals surface area contributed by atoms with Crippen molar-refractivity contribution in [1.29, 1.82) is 0 Å². The maximum Gasteiger partial charge on any atom is 0.326 e. The van der Waals surface area contributed by atoms with Crippen LogP contribution in [0.15, 0.2) is 0 Å². The molecule has 0 saturated carbocycles. The minimum Gasteiger partial charge on any atom is -0.480 e. The van der Waals surface area contributed by atoms with Crippen LogP contribution in [0, 0.1) is 5.92 Å². The van der Waals surface area contributed by atoms with Crippen LogP contribution in [0.2, 0.25) is 0 Å². The summed E-state index contributed by atoms with van der Waals surface area (Å²) < 4.78 is 9.77. The zero-order valence-corrected chi connectivity index (χ0v) is 10.0. The predicted octanol–water partition coefficient (Wildman–Crippen LogP) is 0.221. The van der Waals surface area contributed by atoms with Crippen molar-refractivity contribution in [2.75, 3.05) is 13.7 Å². The first-order valence-corrected chi connectivity index (χ1v) is 5.11. The van der Waals surface area contributed by atoms with Crippen LogP contribution < -0.4 is 5.32 Å². The summed E-state index contributed by atoms with van der Waals surface area (Å²) in [5, 5.41) is 11.2. The normalized spacial score (nSPS) is 14.6. The van der Waals surface area contributed by atoms with Gasteiger partial charge in [-0.1, -0.05) is 13.8 Å². The molecule has 94 valence electrons. The van der Waals surface area contributed by atoms with Gasteiger partial charge < -0.3 is 19.9 Å². The molecule has 16 heavy (non-hydrogen) atoms. The van der Waals surface area contributed by atoms with E-state index in [1.807, 2.05) is 0 Å². The molecule has 0 aliphatic heterocycles. The highest BCUT2D eigenvalue weighted by molar-refractivity contribution is 5.85. The maximum absolute atomic E-state index is 11.6. The number of carbonyl (C=O) groups excluding carboxylic acids is 1. The van der Waals surface area contributed by atoms with E-state index in [0.717, 1.165) is 0 Å². The number of amides is 1. The van der Waals surface area contributed by atoms with Gasteiger partial charge in [-0.25, -0.2) is 4.79 Å². The number of methoxy groups -OCH3 is 1. The lowest BCUT2D eigenvalue weighted by atomic mass is 10.0. The maximum atomic E-state index is 11.6. The molecule has 0 spiro atoms. The Morgan fingerprint density at radius 3 is 2.25 bits per heavy atom. The Morgan fingerprint density at radius 1 is 1.38 bits per heavy atom. The molecule has 0 saturated heterocycles. The summed E-state index contributed by atoms with van der Waals surface area (Å²) in [4.78, 5) is 22.4. The number of nitrogens with one attached hydrogen (secondary N) is 1. The van der Waals surface area contributed by atoms with Gasteiger partial charge in [0, 0.05) is 13.7 Å². The Labute approximate surface area is 94.9 Å². The van der Waals surface area contributed by atoms with Crippen LogP contribution >= 0.6 is 0 Å². The molecule has 0 fully saturated rings. The fourth-order valence-corrected chi connectivity index (χ4v) is 1.14. The minimum atomic E-state index is -1.07. The first-order chi connectivity index (χ1) is 7.43. The van der Waals surface area contributed by atoms with Crippen molar-refractivity contribution in [3.05, 3.63) is 0 Å². The molecule has 6 heteroatoms. The molecule has 1 amide bonds. The van der Waals surface area contributed by atoms with Gasteiger partial charge in [0.25, 0.3) is 5.91 Å². The Hall–Kier alpha value is -1.14. The van der Waals surface area contributed by atoms with E-state index in [4.69, 9.17) is 14.6 Å². The van der Waals surface area contributed by atoms with Gasteiger partial charge in [-0.2, -0.15) is 0 Å². The fourth-order valence-electron chi connectivity index (χ4n) is 1.14. The lowest BCUT2D eigenvalue weighted by Gasteiger charge is -2.21. The van der Waals surface area contributed by atoms with Crippen molar-refractivity contribution in [2.45, 2.75) is 33.1 Å². The van der Waals surface area contributed by atoms with Crippen LogP contribution in [-0.2, 0) is 19.1 Å². The molecule has 0 bridgehead atoms. The van der Waals surface area contributed by atoms with Crippen LogP contribution in [-0.4, -0.2) is 43.0 Å². The standard InChI is InChI=1S/C10H19NO5/c1-5-16-10(15-4)8(12)11-7(6(2)3)9(13)14/h6-7,10H,5H2,1-4H3,(H,11,12)(H,13,14)/t7-,10?/m0/s1. The average Bonchev–Trinajstić information content (AvgIpc) is 2.21. The number of carboxylic acids is 1. The van der Waals surface area contributed by atoms with E-state index >= 15 is 0 Å². The van der Waals surface area contributed by atoms with E-state index in [0.29, 0.717) is 6.61 Å². The van der Waals surface area contributed by atoms with Crippen LogP contribution in [0.1, 0.15) is 20.8 Å². The van der Waals surface area contributed by atoms with Crippen LogP contribution in [0.25, 0.3) is 0 Å². The molecule has 0 rings (SSSR count). The van der Waals surface area contributed by atoms with Crippen molar-refractivity contribution >= 4 is 11.9 Å². The zero-order chi connectivity index (χ0) is 12.7. The van der Waals surface area contributed by atoms with Crippen LogP contribution in [0.5, 0.6) is 0 Å².